The van der Waals surface area contributed by atoms with E-state index in [2.05, 4.69) is 31.0 Å². The Bertz CT molecular complexity index is 909. The molecule has 1 saturated carbocycles. The van der Waals surface area contributed by atoms with Crippen molar-refractivity contribution in [2.24, 2.45) is 11.8 Å². The van der Waals surface area contributed by atoms with Crippen molar-refractivity contribution in [1.29, 1.82) is 0 Å². The summed E-state index contributed by atoms with van der Waals surface area (Å²) in [6, 6.07) is 16.2. The fourth-order valence-electron chi connectivity index (χ4n) is 3.33. The summed E-state index contributed by atoms with van der Waals surface area (Å²) < 4.78 is 5.35. The molecule has 2 atom stereocenters. The molecule has 0 saturated heterocycles. The van der Waals surface area contributed by atoms with Crippen molar-refractivity contribution in [2.45, 2.75) is 13.3 Å². The molecule has 4 nitrogen and oxygen atoms in total. The van der Waals surface area contributed by atoms with Crippen LogP contribution in [-0.4, -0.2) is 30.7 Å². The van der Waals surface area contributed by atoms with Crippen LogP contribution >= 0.6 is 0 Å². The summed E-state index contributed by atoms with van der Waals surface area (Å²) in [6.07, 6.45) is 1.32. The average Bonchev–Trinajstić information content (AvgIpc) is 3.35. The molecule has 1 heterocycles. The van der Waals surface area contributed by atoms with Gasteiger partial charge in [-0.15, -0.1) is 0 Å². The highest BCUT2D eigenvalue weighted by atomic mass is 16.5. The fourth-order valence-corrected chi connectivity index (χ4v) is 3.33. The summed E-state index contributed by atoms with van der Waals surface area (Å²) in [5.41, 5.74) is 1.94. The Labute approximate surface area is 148 Å². The highest BCUT2D eigenvalue weighted by Crippen LogP contribution is 2.39. The van der Waals surface area contributed by atoms with E-state index in [0.717, 1.165) is 52.2 Å². The Morgan fingerprint density at radius 3 is 2.68 bits per heavy atom. The van der Waals surface area contributed by atoms with Crippen molar-refractivity contribution in [3.05, 3.63) is 48.5 Å². The number of para-hydroxylation sites is 1. The molecule has 0 bridgehead atoms. The summed E-state index contributed by atoms with van der Waals surface area (Å²) >= 11 is 0. The number of methoxy groups -OCH3 is 1. The third kappa shape index (κ3) is 3.16. The minimum atomic E-state index is 0.739. The van der Waals surface area contributed by atoms with E-state index in [4.69, 9.17) is 14.7 Å². The third-order valence-electron chi connectivity index (χ3n) is 5.06. The molecule has 4 rings (SSSR count). The molecular formula is C21H23N3O. The Balaban J connectivity index is 1.80. The van der Waals surface area contributed by atoms with Crippen LogP contribution in [0.15, 0.2) is 48.5 Å². The molecule has 3 aromatic rings. The molecule has 25 heavy (non-hydrogen) atoms. The predicted molar refractivity (Wildman–Crippen MR) is 102 cm³/mol. The molecule has 0 spiro atoms. The summed E-state index contributed by atoms with van der Waals surface area (Å²) in [6.45, 7) is 3.36. The molecule has 0 aliphatic heterocycles. The lowest BCUT2D eigenvalue weighted by Gasteiger charge is -2.20. The van der Waals surface area contributed by atoms with Gasteiger partial charge in [0.1, 0.15) is 11.6 Å². The van der Waals surface area contributed by atoms with Gasteiger partial charge in [-0.3, -0.25) is 0 Å². The van der Waals surface area contributed by atoms with E-state index >= 15 is 0 Å². The second kappa shape index (κ2) is 6.36. The van der Waals surface area contributed by atoms with E-state index in [1.165, 1.54) is 6.42 Å². The summed E-state index contributed by atoms with van der Waals surface area (Å²) in [4.78, 5) is 12.0. The fraction of sp³-hybridized carbons (Fsp3) is 0.333. The summed E-state index contributed by atoms with van der Waals surface area (Å²) in [5, 5.41) is 1.10. The minimum Gasteiger partial charge on any atom is -0.497 e. The number of rotatable bonds is 5. The molecule has 2 unspecified atom stereocenters. The lowest BCUT2D eigenvalue weighted by molar-refractivity contribution is 0.415. The highest BCUT2D eigenvalue weighted by molar-refractivity contribution is 5.91. The lowest BCUT2D eigenvalue weighted by Crippen LogP contribution is -2.22. The monoisotopic (exact) mass is 333 g/mol. The molecule has 2 aromatic carbocycles. The predicted octanol–water partition coefficient (Wildman–Crippen LogP) is 4.40. The van der Waals surface area contributed by atoms with Crippen molar-refractivity contribution < 1.29 is 4.74 Å². The Kier molecular flexibility index (Phi) is 4.04. The first-order valence-electron chi connectivity index (χ1n) is 8.78. The Morgan fingerprint density at radius 2 is 1.92 bits per heavy atom. The number of nitrogens with zero attached hydrogens (tertiary/aromatic N) is 3. The van der Waals surface area contributed by atoms with Gasteiger partial charge < -0.3 is 9.64 Å². The Hall–Kier alpha value is -2.62. The van der Waals surface area contributed by atoms with Crippen molar-refractivity contribution in [1.82, 2.24) is 9.97 Å². The molecular weight excluding hydrogens is 310 g/mol. The van der Waals surface area contributed by atoms with E-state index in [9.17, 15) is 0 Å². The minimum absolute atomic E-state index is 0.739. The zero-order valence-corrected chi connectivity index (χ0v) is 14.9. The van der Waals surface area contributed by atoms with Gasteiger partial charge in [-0.2, -0.15) is 0 Å². The van der Waals surface area contributed by atoms with Crippen LogP contribution in [0.3, 0.4) is 0 Å². The van der Waals surface area contributed by atoms with Crippen LogP contribution < -0.4 is 9.64 Å². The van der Waals surface area contributed by atoms with E-state index in [1.807, 2.05) is 36.4 Å². The van der Waals surface area contributed by atoms with Crippen LogP contribution in [0.25, 0.3) is 22.3 Å². The number of fused-ring (bicyclic) bond motifs is 1. The highest BCUT2D eigenvalue weighted by Gasteiger charge is 2.33. The van der Waals surface area contributed by atoms with Gasteiger partial charge in [-0.05, 0) is 42.5 Å². The van der Waals surface area contributed by atoms with Gasteiger partial charge in [0.05, 0.1) is 12.6 Å². The van der Waals surface area contributed by atoms with Crippen LogP contribution in [0.4, 0.5) is 5.82 Å². The second-order valence-electron chi connectivity index (χ2n) is 6.97. The first-order chi connectivity index (χ1) is 12.2. The smallest absolute Gasteiger partial charge is 0.162 e. The normalized spacial score (nSPS) is 19.0. The van der Waals surface area contributed by atoms with Crippen molar-refractivity contribution in [3.8, 4) is 17.1 Å². The number of anilines is 1. The van der Waals surface area contributed by atoms with Crippen molar-refractivity contribution >= 4 is 16.7 Å². The molecule has 0 N–H and O–H groups in total. The molecule has 1 aromatic heterocycles. The van der Waals surface area contributed by atoms with Crippen molar-refractivity contribution in [3.63, 3.8) is 0 Å². The van der Waals surface area contributed by atoms with Gasteiger partial charge in [0, 0.05) is 24.5 Å². The quantitative estimate of drug-likeness (QED) is 0.694. The molecule has 1 aliphatic rings. The Morgan fingerprint density at radius 1 is 1.12 bits per heavy atom. The lowest BCUT2D eigenvalue weighted by atomic mass is 10.1. The van der Waals surface area contributed by atoms with E-state index in [-0.39, 0.29) is 0 Å². The standard InChI is InChI=1S/C21H23N3O/c1-14-11-16(14)13-24(2)21-18-9-4-5-10-19(18)22-20(23-21)15-7-6-8-17(12-15)25-3/h4-10,12,14,16H,11,13H2,1-3H3. The average molecular weight is 333 g/mol. The largest absolute Gasteiger partial charge is 0.497 e. The second-order valence-corrected chi connectivity index (χ2v) is 6.97. The molecule has 4 heteroatoms. The van der Waals surface area contributed by atoms with Gasteiger partial charge in [-0.1, -0.05) is 31.2 Å². The SMILES string of the molecule is COc1cccc(-c2nc(N(C)CC3CC3C)c3ccccc3n2)c1. The van der Waals surface area contributed by atoms with Crippen LogP contribution in [0, 0.1) is 11.8 Å². The third-order valence-corrected chi connectivity index (χ3v) is 5.06. The topological polar surface area (TPSA) is 38.2 Å². The number of hydrogen-bond donors (Lipinski definition) is 0. The van der Waals surface area contributed by atoms with Crippen molar-refractivity contribution in [2.75, 3.05) is 25.6 Å². The number of benzene rings is 2. The molecule has 0 amide bonds. The van der Waals surface area contributed by atoms with E-state index in [0.29, 0.717) is 0 Å². The molecule has 1 aliphatic carbocycles. The summed E-state index contributed by atoms with van der Waals surface area (Å²) in [5.74, 6) is 4.16. The summed E-state index contributed by atoms with van der Waals surface area (Å²) in [7, 11) is 3.81. The van der Waals surface area contributed by atoms with Crippen LogP contribution in [0.1, 0.15) is 13.3 Å². The molecule has 0 radical (unpaired) electrons. The first-order valence-corrected chi connectivity index (χ1v) is 8.78. The number of ether oxygens (including phenoxy) is 1. The van der Waals surface area contributed by atoms with Gasteiger partial charge in [-0.25, -0.2) is 9.97 Å². The zero-order chi connectivity index (χ0) is 17.4. The molecule has 128 valence electrons. The number of aromatic nitrogens is 2. The van der Waals surface area contributed by atoms with E-state index < -0.39 is 0 Å². The maximum Gasteiger partial charge on any atom is 0.162 e. The molecule has 1 fully saturated rings. The van der Waals surface area contributed by atoms with Crippen LogP contribution in [-0.2, 0) is 0 Å². The van der Waals surface area contributed by atoms with Gasteiger partial charge in [0.15, 0.2) is 5.82 Å². The van der Waals surface area contributed by atoms with Gasteiger partial charge >= 0.3 is 0 Å². The zero-order valence-electron chi connectivity index (χ0n) is 14.9. The van der Waals surface area contributed by atoms with Gasteiger partial charge in [0.25, 0.3) is 0 Å². The number of hydrogen-bond acceptors (Lipinski definition) is 4. The van der Waals surface area contributed by atoms with Crippen LogP contribution in [0.5, 0.6) is 5.75 Å². The maximum absolute atomic E-state index is 5.35. The van der Waals surface area contributed by atoms with Crippen LogP contribution in [0.2, 0.25) is 0 Å². The van der Waals surface area contributed by atoms with E-state index in [1.54, 1.807) is 7.11 Å². The first kappa shape index (κ1) is 15.9. The maximum atomic E-state index is 5.35. The van der Waals surface area contributed by atoms with Gasteiger partial charge in [0.2, 0.25) is 0 Å².